The Morgan fingerprint density at radius 2 is 1.91 bits per heavy atom. The number of carbonyl (C=O) groups is 1. The number of sulfone groups is 1. The molecule has 1 amide bonds. The number of oxazole rings is 1. The van der Waals surface area contributed by atoms with Gasteiger partial charge in [-0.3, -0.25) is 4.79 Å². The van der Waals surface area contributed by atoms with Crippen molar-refractivity contribution in [1.82, 2.24) is 4.98 Å². The van der Waals surface area contributed by atoms with Gasteiger partial charge in [-0.1, -0.05) is 26.0 Å². The molecular formula is C16H20N2O4S. The second-order valence-corrected chi connectivity index (χ2v) is 7.14. The third-order valence-corrected chi connectivity index (χ3v) is 5.37. The maximum atomic E-state index is 12.8. The standard InChI is InChI=1S/C16H20N2O4S/c1-4-13-15(17-11-22-13)16(19)18(5-2)12-9-7-8-10-14(12)23(20,21)6-3/h7-11H,4-6H2,1-3H3. The van der Waals surface area contributed by atoms with Crippen molar-refractivity contribution in [3.05, 3.63) is 42.1 Å². The van der Waals surface area contributed by atoms with E-state index in [0.29, 0.717) is 24.4 Å². The lowest BCUT2D eigenvalue weighted by atomic mass is 10.2. The second kappa shape index (κ2) is 6.95. The molecule has 0 N–H and O–H groups in total. The first-order valence-corrected chi connectivity index (χ1v) is 9.17. The van der Waals surface area contributed by atoms with E-state index in [1.807, 2.05) is 6.92 Å². The van der Waals surface area contributed by atoms with E-state index in [1.165, 1.54) is 17.4 Å². The monoisotopic (exact) mass is 336 g/mol. The minimum atomic E-state index is -3.44. The van der Waals surface area contributed by atoms with Gasteiger partial charge in [0.05, 0.1) is 16.3 Å². The summed E-state index contributed by atoms with van der Waals surface area (Å²) in [6, 6.07) is 6.52. The van der Waals surface area contributed by atoms with Crippen LogP contribution in [0, 0.1) is 0 Å². The minimum absolute atomic E-state index is 0.0278. The molecule has 23 heavy (non-hydrogen) atoms. The highest BCUT2D eigenvalue weighted by atomic mass is 32.2. The van der Waals surface area contributed by atoms with Gasteiger partial charge in [-0.15, -0.1) is 0 Å². The fraction of sp³-hybridized carbons (Fsp3) is 0.375. The van der Waals surface area contributed by atoms with Crippen LogP contribution in [-0.4, -0.2) is 31.6 Å². The Labute approximate surface area is 136 Å². The summed E-state index contributed by atoms with van der Waals surface area (Å²) in [6.45, 7) is 5.56. The van der Waals surface area contributed by atoms with E-state index in [9.17, 15) is 13.2 Å². The Morgan fingerprint density at radius 3 is 2.52 bits per heavy atom. The number of hydrogen-bond acceptors (Lipinski definition) is 5. The van der Waals surface area contributed by atoms with Crippen LogP contribution >= 0.6 is 0 Å². The van der Waals surface area contributed by atoms with Crippen molar-refractivity contribution in [2.24, 2.45) is 0 Å². The Kier molecular flexibility index (Phi) is 5.20. The Hall–Kier alpha value is -2.15. The van der Waals surface area contributed by atoms with Crippen LogP contribution in [0.1, 0.15) is 37.0 Å². The van der Waals surface area contributed by atoms with Crippen LogP contribution in [0.4, 0.5) is 5.69 Å². The van der Waals surface area contributed by atoms with Crippen molar-refractivity contribution >= 4 is 21.4 Å². The summed E-state index contributed by atoms with van der Waals surface area (Å²) in [6.07, 6.45) is 1.77. The first-order chi connectivity index (χ1) is 11.0. The lowest BCUT2D eigenvalue weighted by Crippen LogP contribution is -2.32. The number of amides is 1. The summed E-state index contributed by atoms with van der Waals surface area (Å²) < 4.78 is 29.8. The fourth-order valence-corrected chi connectivity index (χ4v) is 3.44. The third kappa shape index (κ3) is 3.29. The molecule has 6 nitrogen and oxygen atoms in total. The van der Waals surface area contributed by atoms with Crippen LogP contribution in [0.25, 0.3) is 0 Å². The molecule has 0 spiro atoms. The topological polar surface area (TPSA) is 80.5 Å². The number of aromatic nitrogens is 1. The summed E-state index contributed by atoms with van der Waals surface area (Å²) in [5.41, 5.74) is 0.588. The van der Waals surface area contributed by atoms with Crippen molar-refractivity contribution < 1.29 is 17.6 Å². The largest absolute Gasteiger partial charge is 0.448 e. The molecule has 2 aromatic rings. The number of carbonyl (C=O) groups excluding carboxylic acids is 1. The summed E-state index contributed by atoms with van der Waals surface area (Å²) in [5.74, 6) is 0.0982. The number of benzene rings is 1. The number of hydrogen-bond donors (Lipinski definition) is 0. The van der Waals surface area contributed by atoms with E-state index in [0.717, 1.165) is 0 Å². The highest BCUT2D eigenvalue weighted by molar-refractivity contribution is 7.91. The normalized spacial score (nSPS) is 11.4. The molecule has 1 heterocycles. The lowest BCUT2D eigenvalue weighted by molar-refractivity contribution is 0.0982. The summed E-state index contributed by atoms with van der Waals surface area (Å²) in [5, 5.41) is 0. The average Bonchev–Trinajstić information content (AvgIpc) is 3.04. The van der Waals surface area contributed by atoms with E-state index < -0.39 is 9.84 Å². The zero-order chi connectivity index (χ0) is 17.0. The summed E-state index contributed by atoms with van der Waals surface area (Å²) in [7, 11) is -3.44. The fourth-order valence-electron chi connectivity index (χ4n) is 2.35. The molecule has 1 aromatic heterocycles. The van der Waals surface area contributed by atoms with Gasteiger partial charge in [-0.25, -0.2) is 13.4 Å². The molecule has 0 aliphatic carbocycles. The number of para-hydroxylation sites is 1. The number of nitrogens with zero attached hydrogens (tertiary/aromatic N) is 2. The first kappa shape index (κ1) is 17.2. The van der Waals surface area contributed by atoms with Gasteiger partial charge in [-0.2, -0.15) is 0 Å². The molecule has 1 aromatic carbocycles. The highest BCUT2D eigenvalue weighted by Gasteiger charge is 2.27. The zero-order valence-electron chi connectivity index (χ0n) is 13.4. The molecule has 0 atom stereocenters. The zero-order valence-corrected chi connectivity index (χ0v) is 14.3. The number of aryl methyl sites for hydroxylation is 1. The maximum absolute atomic E-state index is 12.8. The number of rotatable bonds is 6. The van der Waals surface area contributed by atoms with Crippen LogP contribution in [0.3, 0.4) is 0 Å². The van der Waals surface area contributed by atoms with Crippen molar-refractivity contribution in [3.8, 4) is 0 Å². The molecule has 0 fully saturated rings. The van der Waals surface area contributed by atoms with Gasteiger partial charge in [0, 0.05) is 13.0 Å². The molecule has 124 valence electrons. The van der Waals surface area contributed by atoms with Gasteiger partial charge in [0.25, 0.3) is 5.91 Å². The second-order valence-electron chi connectivity index (χ2n) is 4.90. The lowest BCUT2D eigenvalue weighted by Gasteiger charge is -2.23. The quantitative estimate of drug-likeness (QED) is 0.810. The maximum Gasteiger partial charge on any atom is 0.280 e. The van der Waals surface area contributed by atoms with Gasteiger partial charge in [0.1, 0.15) is 5.76 Å². The van der Waals surface area contributed by atoms with Crippen molar-refractivity contribution in [2.75, 3.05) is 17.2 Å². The minimum Gasteiger partial charge on any atom is -0.448 e. The first-order valence-electron chi connectivity index (χ1n) is 7.52. The molecule has 2 rings (SSSR count). The molecule has 0 saturated carbocycles. The van der Waals surface area contributed by atoms with Gasteiger partial charge < -0.3 is 9.32 Å². The Bertz CT molecular complexity index is 796. The predicted molar refractivity (Wildman–Crippen MR) is 87.4 cm³/mol. The van der Waals surface area contributed by atoms with Crippen molar-refractivity contribution in [2.45, 2.75) is 32.1 Å². The third-order valence-electron chi connectivity index (χ3n) is 3.60. The molecule has 0 aliphatic heterocycles. The summed E-state index contributed by atoms with van der Waals surface area (Å²) >= 11 is 0. The van der Waals surface area contributed by atoms with E-state index in [1.54, 1.807) is 32.0 Å². The molecule has 0 bridgehead atoms. The number of anilines is 1. The van der Waals surface area contributed by atoms with Crippen LogP contribution in [-0.2, 0) is 16.3 Å². The van der Waals surface area contributed by atoms with E-state index >= 15 is 0 Å². The van der Waals surface area contributed by atoms with E-state index in [2.05, 4.69) is 4.98 Å². The van der Waals surface area contributed by atoms with Crippen molar-refractivity contribution in [3.63, 3.8) is 0 Å². The van der Waals surface area contributed by atoms with Gasteiger partial charge in [0.2, 0.25) is 0 Å². The summed E-state index contributed by atoms with van der Waals surface area (Å²) in [4.78, 5) is 18.3. The molecule has 0 radical (unpaired) electrons. The van der Waals surface area contributed by atoms with Crippen LogP contribution in [0.5, 0.6) is 0 Å². The van der Waals surface area contributed by atoms with Crippen LogP contribution < -0.4 is 4.90 Å². The van der Waals surface area contributed by atoms with Gasteiger partial charge in [0.15, 0.2) is 21.9 Å². The Balaban J connectivity index is 2.53. The molecular weight excluding hydrogens is 316 g/mol. The average molecular weight is 336 g/mol. The van der Waals surface area contributed by atoms with Gasteiger partial charge >= 0.3 is 0 Å². The van der Waals surface area contributed by atoms with Crippen molar-refractivity contribution in [1.29, 1.82) is 0 Å². The van der Waals surface area contributed by atoms with E-state index in [4.69, 9.17) is 4.42 Å². The van der Waals surface area contributed by atoms with Gasteiger partial charge in [-0.05, 0) is 19.1 Å². The SMILES string of the molecule is CCc1ocnc1C(=O)N(CC)c1ccccc1S(=O)(=O)CC. The predicted octanol–water partition coefficient (Wildman–Crippen LogP) is 2.70. The van der Waals surface area contributed by atoms with Crippen LogP contribution in [0.15, 0.2) is 40.0 Å². The molecule has 0 unspecified atom stereocenters. The molecule has 0 saturated heterocycles. The van der Waals surface area contributed by atoms with E-state index in [-0.39, 0.29) is 22.2 Å². The smallest absolute Gasteiger partial charge is 0.280 e. The Morgan fingerprint density at radius 1 is 1.22 bits per heavy atom. The molecule has 7 heteroatoms. The molecule has 0 aliphatic rings. The highest BCUT2D eigenvalue weighted by Crippen LogP contribution is 2.27. The van der Waals surface area contributed by atoms with Crippen LogP contribution in [0.2, 0.25) is 0 Å².